The van der Waals surface area contributed by atoms with E-state index in [1.165, 1.54) is 17.2 Å². The van der Waals surface area contributed by atoms with Crippen molar-refractivity contribution in [2.75, 3.05) is 19.6 Å². The molecular formula is C32H46N6O6. The molecule has 0 aromatic carbocycles. The van der Waals surface area contributed by atoms with Gasteiger partial charge in [-0.25, -0.2) is 4.79 Å². The molecule has 1 aliphatic carbocycles. The van der Waals surface area contributed by atoms with Gasteiger partial charge in [-0.15, -0.1) is 6.58 Å². The van der Waals surface area contributed by atoms with Crippen LogP contribution < -0.4 is 21.3 Å². The summed E-state index contributed by atoms with van der Waals surface area (Å²) in [4.78, 5) is 83.7. The van der Waals surface area contributed by atoms with E-state index >= 15 is 0 Å². The maximum Gasteiger partial charge on any atom is 0.316 e. The Kier molecular flexibility index (Phi) is 12.2. The van der Waals surface area contributed by atoms with E-state index in [1.54, 1.807) is 18.2 Å². The molecule has 4 N–H and O–H groups in total. The van der Waals surface area contributed by atoms with Crippen LogP contribution in [0.15, 0.2) is 37.1 Å². The van der Waals surface area contributed by atoms with Gasteiger partial charge in [-0.2, -0.15) is 0 Å². The van der Waals surface area contributed by atoms with Crippen molar-refractivity contribution in [3.63, 3.8) is 0 Å². The third-order valence-electron chi connectivity index (χ3n) is 8.18. The summed E-state index contributed by atoms with van der Waals surface area (Å²) in [5.74, 6) is -2.99. The Labute approximate surface area is 259 Å². The topological polar surface area (TPSA) is 167 Å². The lowest BCUT2D eigenvalue weighted by atomic mass is 9.81. The number of amides is 5. The number of hydrogen-bond acceptors (Lipinski definition) is 7. The Bertz CT molecular complexity index is 1220. The first-order valence-electron chi connectivity index (χ1n) is 15.4. The predicted molar refractivity (Wildman–Crippen MR) is 164 cm³/mol. The zero-order chi connectivity index (χ0) is 32.4. The van der Waals surface area contributed by atoms with Crippen molar-refractivity contribution in [3.05, 3.63) is 42.7 Å². The monoisotopic (exact) mass is 610 g/mol. The van der Waals surface area contributed by atoms with Crippen LogP contribution in [0.2, 0.25) is 0 Å². The quantitative estimate of drug-likeness (QED) is 0.160. The Morgan fingerprint density at radius 2 is 1.75 bits per heavy atom. The predicted octanol–water partition coefficient (Wildman–Crippen LogP) is 2.15. The van der Waals surface area contributed by atoms with E-state index in [0.29, 0.717) is 6.42 Å². The van der Waals surface area contributed by atoms with Gasteiger partial charge in [-0.3, -0.25) is 29.0 Å². The van der Waals surface area contributed by atoms with Gasteiger partial charge in [0.1, 0.15) is 17.8 Å². The molecule has 1 aromatic rings. The van der Waals surface area contributed by atoms with Gasteiger partial charge < -0.3 is 26.2 Å². The van der Waals surface area contributed by atoms with Crippen LogP contribution in [0.4, 0.5) is 4.79 Å². The van der Waals surface area contributed by atoms with Crippen LogP contribution in [0.1, 0.15) is 76.7 Å². The van der Waals surface area contributed by atoms with Gasteiger partial charge in [-0.05, 0) is 48.6 Å². The maximum atomic E-state index is 14.0. The number of hydrogen-bond donors (Lipinski definition) is 4. The summed E-state index contributed by atoms with van der Waals surface area (Å²) in [6.07, 6.45) is 7.93. The number of pyridine rings is 1. The summed E-state index contributed by atoms with van der Waals surface area (Å²) in [5, 5.41) is 10.5. The molecule has 12 heteroatoms. The van der Waals surface area contributed by atoms with E-state index in [-0.39, 0.29) is 36.4 Å². The van der Waals surface area contributed by atoms with Crippen molar-refractivity contribution in [2.24, 2.45) is 17.3 Å². The fourth-order valence-electron chi connectivity index (χ4n) is 5.83. The summed E-state index contributed by atoms with van der Waals surface area (Å²) >= 11 is 0. The van der Waals surface area contributed by atoms with Crippen molar-refractivity contribution in [2.45, 2.75) is 84.3 Å². The molecule has 2 heterocycles. The third-order valence-corrected chi connectivity index (χ3v) is 8.18. The first kappa shape index (κ1) is 34.4. The Balaban J connectivity index is 1.73. The molecule has 0 unspecified atom stereocenters. The second kappa shape index (κ2) is 15.6. The Hall–Kier alpha value is -4.09. The smallest absolute Gasteiger partial charge is 0.316 e. The molecule has 0 radical (unpaired) electrons. The van der Waals surface area contributed by atoms with Crippen LogP contribution in [0.5, 0.6) is 0 Å². The van der Waals surface area contributed by atoms with Crippen molar-refractivity contribution < 1.29 is 28.8 Å². The molecule has 0 bridgehead atoms. The molecule has 1 aromatic heterocycles. The van der Waals surface area contributed by atoms with Gasteiger partial charge in [0.05, 0.1) is 12.6 Å². The number of carbonyl (C=O) groups is 6. The summed E-state index contributed by atoms with van der Waals surface area (Å²) in [5.41, 5.74) is -0.477. The number of carbonyl (C=O) groups excluding carboxylic acids is 6. The molecule has 0 spiro atoms. The summed E-state index contributed by atoms with van der Waals surface area (Å²) < 4.78 is 0. The molecule has 12 nitrogen and oxygen atoms in total. The van der Waals surface area contributed by atoms with Crippen LogP contribution in [-0.2, 0) is 19.2 Å². The number of Topliss-reactive ketones (excluding diaryl/α,β-unsaturated/α-hetero) is 2. The van der Waals surface area contributed by atoms with Crippen LogP contribution in [-0.4, -0.2) is 83.0 Å². The van der Waals surface area contributed by atoms with Gasteiger partial charge in [0.15, 0.2) is 0 Å². The van der Waals surface area contributed by atoms with Crippen molar-refractivity contribution in [1.82, 2.24) is 31.2 Å². The number of aromatic nitrogens is 1. The lowest BCUT2D eigenvalue weighted by Crippen LogP contribution is -2.61. The average molecular weight is 611 g/mol. The third kappa shape index (κ3) is 9.20. The highest BCUT2D eigenvalue weighted by atomic mass is 16.2. The van der Waals surface area contributed by atoms with Crippen LogP contribution in [0.25, 0.3) is 0 Å². The Morgan fingerprint density at radius 3 is 2.36 bits per heavy atom. The highest BCUT2D eigenvalue weighted by Gasteiger charge is 2.44. The van der Waals surface area contributed by atoms with Gasteiger partial charge in [-0.1, -0.05) is 59.1 Å². The second-order valence-corrected chi connectivity index (χ2v) is 12.9. The molecule has 5 amide bonds. The largest absolute Gasteiger partial charge is 0.347 e. The number of nitrogens with zero attached hydrogens (tertiary/aromatic N) is 2. The summed E-state index contributed by atoms with van der Waals surface area (Å²) in [6.45, 7) is 10.7. The first-order valence-corrected chi connectivity index (χ1v) is 15.4. The zero-order valence-corrected chi connectivity index (χ0v) is 26.2. The second-order valence-electron chi connectivity index (χ2n) is 12.9. The zero-order valence-electron chi connectivity index (χ0n) is 26.2. The lowest BCUT2D eigenvalue weighted by molar-refractivity contribution is -0.142. The minimum atomic E-state index is -1.02. The van der Waals surface area contributed by atoms with Gasteiger partial charge >= 0.3 is 6.03 Å². The van der Waals surface area contributed by atoms with E-state index in [1.807, 2.05) is 27.7 Å². The molecule has 2 fully saturated rings. The highest BCUT2D eigenvalue weighted by Crippen LogP contribution is 2.30. The molecule has 4 atom stereocenters. The first-order chi connectivity index (χ1) is 20.8. The van der Waals surface area contributed by atoms with E-state index in [9.17, 15) is 28.8 Å². The summed E-state index contributed by atoms with van der Waals surface area (Å²) in [7, 11) is 0. The fraction of sp³-hybridized carbons (Fsp3) is 0.594. The standard InChI is InChI=1S/C32H46N6O6/c1-6-15-34-29(42)24(39)18-35-28(41)23-17-20(2)19-38(23)30(43)27(32(3,4)5)37-31(44)36-25(21-12-8-7-9-13-21)26(40)22-14-10-11-16-33-22/h6,10-11,14,16,20-21,23,25,27H,1,7-9,12-13,15,17-19H2,2-5H3,(H,34,42)(H,35,41)(H2,36,37,44)/t20-,23+,25+,27-/m1/s1. The van der Waals surface area contributed by atoms with E-state index in [2.05, 4.69) is 32.8 Å². The molecule has 2 aliphatic rings. The number of likely N-dealkylation sites (tertiary alicyclic amines) is 1. The normalized spacial score (nSPS) is 20.1. The highest BCUT2D eigenvalue weighted by molar-refractivity contribution is 6.37. The minimum Gasteiger partial charge on any atom is -0.347 e. The number of nitrogens with one attached hydrogen (secondary N) is 4. The van der Waals surface area contributed by atoms with Gasteiger partial charge in [0.25, 0.3) is 5.91 Å². The molecule has 1 saturated carbocycles. The molecule has 1 saturated heterocycles. The van der Waals surface area contributed by atoms with E-state index in [0.717, 1.165) is 32.1 Å². The van der Waals surface area contributed by atoms with Gasteiger partial charge in [0, 0.05) is 19.3 Å². The van der Waals surface area contributed by atoms with E-state index in [4.69, 9.17) is 0 Å². The lowest BCUT2D eigenvalue weighted by Gasteiger charge is -2.36. The number of ketones is 2. The van der Waals surface area contributed by atoms with Crippen molar-refractivity contribution in [1.29, 1.82) is 0 Å². The van der Waals surface area contributed by atoms with Crippen molar-refractivity contribution >= 4 is 35.3 Å². The molecule has 44 heavy (non-hydrogen) atoms. The SMILES string of the molecule is C=CCNC(=O)C(=O)CNC(=O)[C@@H]1C[C@@H](C)CN1C(=O)[C@@H](NC(=O)N[C@H](C(=O)c1ccccn1)C1CCCCC1)C(C)(C)C. The fourth-order valence-corrected chi connectivity index (χ4v) is 5.83. The minimum absolute atomic E-state index is 0.0117. The molecular weight excluding hydrogens is 564 g/mol. The van der Waals surface area contributed by atoms with Crippen LogP contribution >= 0.6 is 0 Å². The van der Waals surface area contributed by atoms with E-state index < -0.39 is 59.6 Å². The molecule has 3 rings (SSSR count). The van der Waals surface area contributed by atoms with Gasteiger partial charge in [0.2, 0.25) is 23.4 Å². The van der Waals surface area contributed by atoms with Crippen molar-refractivity contribution in [3.8, 4) is 0 Å². The summed E-state index contributed by atoms with van der Waals surface area (Å²) in [6, 6.07) is 1.72. The number of rotatable bonds is 12. The number of urea groups is 1. The molecule has 240 valence electrons. The van der Waals surface area contributed by atoms with Crippen LogP contribution in [0.3, 0.4) is 0 Å². The van der Waals surface area contributed by atoms with Crippen LogP contribution in [0, 0.1) is 17.3 Å². The Morgan fingerprint density at radius 1 is 1.05 bits per heavy atom. The average Bonchev–Trinajstić information content (AvgIpc) is 3.41. The molecule has 1 aliphatic heterocycles. The maximum absolute atomic E-state index is 14.0.